The molecule has 0 bridgehead atoms. The minimum absolute atomic E-state index is 0.0500. The van der Waals surface area contributed by atoms with E-state index >= 15 is 0 Å². The van der Waals surface area contributed by atoms with Crippen molar-refractivity contribution < 1.29 is 22.7 Å². The number of carbonyl (C=O) groups excluding carboxylic acids is 2. The quantitative estimate of drug-likeness (QED) is 0.706. The Bertz CT molecular complexity index is 897. The molecular weight excluding hydrogens is 382 g/mol. The molecule has 1 atom stereocenters. The maximum absolute atomic E-state index is 12.9. The van der Waals surface area contributed by atoms with E-state index in [1.165, 1.54) is 9.91 Å². The van der Waals surface area contributed by atoms with Crippen LogP contribution >= 0.6 is 0 Å². The molecule has 0 N–H and O–H groups in total. The SMILES string of the molecule is CCOc1ccccc1CN(C)C(=O)C1=NN([C@@H]2CCS(=O)(=O)C2)C(=O)CC1. The molecule has 152 valence electrons. The molecule has 9 heteroatoms. The van der Waals surface area contributed by atoms with Crippen LogP contribution in [0.4, 0.5) is 0 Å². The highest BCUT2D eigenvalue weighted by atomic mass is 32.2. The first-order valence-corrected chi connectivity index (χ1v) is 11.2. The molecule has 8 nitrogen and oxygen atoms in total. The van der Waals surface area contributed by atoms with Gasteiger partial charge in [-0.05, 0) is 19.4 Å². The van der Waals surface area contributed by atoms with Gasteiger partial charge >= 0.3 is 0 Å². The highest BCUT2D eigenvalue weighted by molar-refractivity contribution is 7.91. The molecule has 2 aliphatic heterocycles. The van der Waals surface area contributed by atoms with E-state index in [0.717, 1.165) is 11.3 Å². The second kappa shape index (κ2) is 8.30. The van der Waals surface area contributed by atoms with Gasteiger partial charge in [0.1, 0.15) is 11.5 Å². The Morgan fingerprint density at radius 3 is 2.75 bits per heavy atom. The van der Waals surface area contributed by atoms with Crippen LogP contribution in [-0.4, -0.2) is 67.1 Å². The van der Waals surface area contributed by atoms with Crippen molar-refractivity contribution in [3.63, 3.8) is 0 Å². The van der Waals surface area contributed by atoms with Gasteiger partial charge in [0.25, 0.3) is 5.91 Å². The van der Waals surface area contributed by atoms with Crippen LogP contribution in [0, 0.1) is 0 Å². The average molecular weight is 407 g/mol. The van der Waals surface area contributed by atoms with Gasteiger partial charge in [-0.2, -0.15) is 5.10 Å². The maximum atomic E-state index is 12.9. The summed E-state index contributed by atoms with van der Waals surface area (Å²) in [6.07, 6.45) is 0.770. The van der Waals surface area contributed by atoms with Gasteiger partial charge in [0.15, 0.2) is 9.84 Å². The number of amides is 2. The second-order valence-corrected chi connectivity index (χ2v) is 9.27. The second-order valence-electron chi connectivity index (χ2n) is 7.04. The van der Waals surface area contributed by atoms with Crippen molar-refractivity contribution in [2.75, 3.05) is 25.2 Å². The Kier molecular flexibility index (Phi) is 6.02. The summed E-state index contributed by atoms with van der Waals surface area (Å²) in [5.41, 5.74) is 1.16. The summed E-state index contributed by atoms with van der Waals surface area (Å²) in [4.78, 5) is 26.6. The van der Waals surface area contributed by atoms with Crippen molar-refractivity contribution in [1.82, 2.24) is 9.91 Å². The molecular formula is C19H25N3O5S. The van der Waals surface area contributed by atoms with E-state index in [-0.39, 0.29) is 41.9 Å². The van der Waals surface area contributed by atoms with E-state index in [1.54, 1.807) is 7.05 Å². The topological polar surface area (TPSA) is 96.3 Å². The van der Waals surface area contributed by atoms with Crippen LogP contribution in [0.1, 0.15) is 31.7 Å². The molecule has 0 aromatic heterocycles. The van der Waals surface area contributed by atoms with Crippen molar-refractivity contribution in [3.8, 4) is 5.75 Å². The molecule has 0 unspecified atom stereocenters. The summed E-state index contributed by atoms with van der Waals surface area (Å²) < 4.78 is 29.1. The van der Waals surface area contributed by atoms with Crippen LogP contribution in [0.25, 0.3) is 0 Å². The van der Waals surface area contributed by atoms with E-state index < -0.39 is 15.9 Å². The lowest BCUT2D eigenvalue weighted by atomic mass is 10.1. The van der Waals surface area contributed by atoms with Gasteiger partial charge in [-0.15, -0.1) is 0 Å². The van der Waals surface area contributed by atoms with Crippen LogP contribution in [0.15, 0.2) is 29.4 Å². The number of hydrazone groups is 1. The Morgan fingerprint density at radius 2 is 2.07 bits per heavy atom. The summed E-state index contributed by atoms with van der Waals surface area (Å²) in [6.45, 7) is 2.78. The first-order valence-electron chi connectivity index (χ1n) is 9.37. The van der Waals surface area contributed by atoms with Crippen LogP contribution in [0.3, 0.4) is 0 Å². The van der Waals surface area contributed by atoms with Gasteiger partial charge in [-0.1, -0.05) is 18.2 Å². The summed E-state index contributed by atoms with van der Waals surface area (Å²) in [7, 11) is -1.47. The molecule has 3 rings (SSSR count). The summed E-state index contributed by atoms with van der Waals surface area (Å²) in [5, 5.41) is 5.46. The van der Waals surface area contributed by atoms with E-state index in [0.29, 0.717) is 19.6 Å². The van der Waals surface area contributed by atoms with E-state index in [9.17, 15) is 18.0 Å². The monoisotopic (exact) mass is 407 g/mol. The largest absolute Gasteiger partial charge is 0.494 e. The number of nitrogens with zero attached hydrogens (tertiary/aromatic N) is 3. The zero-order valence-electron chi connectivity index (χ0n) is 16.1. The number of para-hydroxylation sites is 1. The fraction of sp³-hybridized carbons (Fsp3) is 0.526. The molecule has 28 heavy (non-hydrogen) atoms. The Labute approximate surface area is 165 Å². The lowest BCUT2D eigenvalue weighted by Gasteiger charge is -2.29. The minimum atomic E-state index is -3.15. The highest BCUT2D eigenvalue weighted by Crippen LogP contribution is 2.23. The fourth-order valence-corrected chi connectivity index (χ4v) is 5.15. The molecule has 2 aliphatic rings. The van der Waals surface area contributed by atoms with Gasteiger partial charge in [-0.3, -0.25) is 9.59 Å². The zero-order chi connectivity index (χ0) is 20.3. The lowest BCUT2D eigenvalue weighted by Crippen LogP contribution is -2.44. The molecule has 1 saturated heterocycles. The number of sulfone groups is 1. The van der Waals surface area contributed by atoms with E-state index in [1.807, 2.05) is 31.2 Å². The smallest absolute Gasteiger partial charge is 0.270 e. The predicted octanol–water partition coefficient (Wildman–Crippen LogP) is 1.21. The molecule has 0 saturated carbocycles. The molecule has 2 amide bonds. The predicted molar refractivity (Wildman–Crippen MR) is 105 cm³/mol. The number of carbonyl (C=O) groups is 2. The zero-order valence-corrected chi connectivity index (χ0v) is 16.9. The van der Waals surface area contributed by atoms with Gasteiger partial charge in [0.05, 0.1) is 24.2 Å². The first-order chi connectivity index (χ1) is 13.3. The number of benzene rings is 1. The molecule has 1 aromatic rings. The van der Waals surface area contributed by atoms with Gasteiger partial charge in [0, 0.05) is 32.0 Å². The van der Waals surface area contributed by atoms with E-state index in [4.69, 9.17) is 4.74 Å². The molecule has 1 fully saturated rings. The first kappa shape index (κ1) is 20.3. The number of rotatable bonds is 6. The summed E-state index contributed by atoms with van der Waals surface area (Å²) in [5.74, 6) is 0.172. The molecule has 0 spiro atoms. The Balaban J connectivity index is 1.74. The van der Waals surface area contributed by atoms with Gasteiger partial charge < -0.3 is 9.64 Å². The lowest BCUT2D eigenvalue weighted by molar-refractivity contribution is -0.134. The van der Waals surface area contributed by atoms with Crippen LogP contribution in [0.5, 0.6) is 5.75 Å². The molecule has 0 radical (unpaired) electrons. The maximum Gasteiger partial charge on any atom is 0.270 e. The highest BCUT2D eigenvalue weighted by Gasteiger charge is 2.37. The Hall–Kier alpha value is -2.42. The van der Waals surface area contributed by atoms with Gasteiger partial charge in [0.2, 0.25) is 5.91 Å². The molecule has 2 heterocycles. The van der Waals surface area contributed by atoms with Crippen molar-refractivity contribution in [3.05, 3.63) is 29.8 Å². The van der Waals surface area contributed by atoms with Gasteiger partial charge in [-0.25, -0.2) is 13.4 Å². The fourth-order valence-electron chi connectivity index (χ4n) is 3.46. The van der Waals surface area contributed by atoms with Crippen molar-refractivity contribution in [2.24, 2.45) is 5.10 Å². The van der Waals surface area contributed by atoms with Crippen LogP contribution < -0.4 is 4.74 Å². The summed E-state index contributed by atoms with van der Waals surface area (Å²) in [6, 6.07) is 7.03. The standard InChI is InChI=1S/C19H25N3O5S/c1-3-27-17-7-5-4-6-14(17)12-21(2)19(24)16-8-9-18(23)22(20-16)15-10-11-28(25,26)13-15/h4-7,15H,3,8-13H2,1-2H3/t15-/m1/s1. The third-order valence-corrected chi connectivity index (χ3v) is 6.64. The van der Waals surface area contributed by atoms with Crippen LogP contribution in [0.2, 0.25) is 0 Å². The molecule has 1 aromatic carbocycles. The summed E-state index contributed by atoms with van der Waals surface area (Å²) >= 11 is 0. The van der Waals surface area contributed by atoms with E-state index in [2.05, 4.69) is 5.10 Å². The van der Waals surface area contributed by atoms with Crippen LogP contribution in [-0.2, 0) is 26.0 Å². The third-order valence-electron chi connectivity index (χ3n) is 4.89. The van der Waals surface area contributed by atoms with Crippen molar-refractivity contribution in [2.45, 2.75) is 38.8 Å². The minimum Gasteiger partial charge on any atom is -0.494 e. The normalized spacial score (nSPS) is 21.4. The van der Waals surface area contributed by atoms with Crippen molar-refractivity contribution >= 4 is 27.4 Å². The number of ether oxygens (including phenoxy) is 1. The Morgan fingerprint density at radius 1 is 1.32 bits per heavy atom. The average Bonchev–Trinajstić information content (AvgIpc) is 3.03. The molecule has 0 aliphatic carbocycles. The number of hydrogen-bond acceptors (Lipinski definition) is 6. The third kappa shape index (κ3) is 4.52. The van der Waals surface area contributed by atoms with Crippen molar-refractivity contribution in [1.29, 1.82) is 0 Å². The number of hydrogen-bond donors (Lipinski definition) is 0.